The molecule has 4 aromatic carbocycles. The molecule has 0 spiro atoms. The molecule has 0 saturated heterocycles. The Morgan fingerprint density at radius 3 is 2.14 bits per heavy atom. The monoisotopic (exact) mass is 791 g/mol. The number of aromatic nitrogens is 2. The fourth-order valence-electron chi connectivity index (χ4n) is 8.11. The predicted molar refractivity (Wildman–Crippen MR) is 231 cm³/mol. The number of nitrogens with zero attached hydrogens (tertiary/aromatic N) is 3. The summed E-state index contributed by atoms with van der Waals surface area (Å²) >= 11 is 0. The molecule has 8 nitrogen and oxygen atoms in total. The van der Waals surface area contributed by atoms with Crippen LogP contribution >= 0.6 is 0 Å². The molecule has 1 aliphatic heterocycles. The fourth-order valence-corrected chi connectivity index (χ4v) is 12.7. The third-order valence-electron chi connectivity index (χ3n) is 10.8. The smallest absolute Gasteiger partial charge is 0.318 e. The second kappa shape index (κ2) is 17.3. The van der Waals surface area contributed by atoms with Gasteiger partial charge >= 0.3 is 6.03 Å². The zero-order valence-corrected chi connectivity index (χ0v) is 34.7. The number of carbonyl (C=O) groups excluding carboxylic acids is 2. The van der Waals surface area contributed by atoms with E-state index in [1.54, 1.807) is 30.5 Å². The van der Waals surface area contributed by atoms with Gasteiger partial charge in [0.2, 0.25) is 0 Å². The minimum atomic E-state index is -2.90. The molecule has 0 fully saturated rings. The predicted octanol–water partition coefficient (Wildman–Crippen LogP) is 8.82. The molecular formula is C48H50FN5O3Si. The van der Waals surface area contributed by atoms with Crippen molar-refractivity contribution in [1.29, 1.82) is 0 Å². The fraction of sp³-hybridized carbons (Fsp3) is 0.250. The minimum absolute atomic E-state index is 0.00121. The summed E-state index contributed by atoms with van der Waals surface area (Å²) in [5, 5.41) is 8.11. The van der Waals surface area contributed by atoms with Gasteiger partial charge in [-0.05, 0) is 71.1 Å². The summed E-state index contributed by atoms with van der Waals surface area (Å²) in [4.78, 5) is 39.3. The highest BCUT2D eigenvalue weighted by atomic mass is 28.4. The van der Waals surface area contributed by atoms with Crippen molar-refractivity contribution in [3.05, 3.63) is 168 Å². The Morgan fingerprint density at radius 2 is 1.50 bits per heavy atom. The van der Waals surface area contributed by atoms with Gasteiger partial charge in [-0.2, -0.15) is 0 Å². The van der Waals surface area contributed by atoms with Gasteiger partial charge in [0.25, 0.3) is 14.2 Å². The highest BCUT2D eigenvalue weighted by Gasteiger charge is 2.50. The van der Waals surface area contributed by atoms with Crippen LogP contribution in [0.3, 0.4) is 0 Å². The van der Waals surface area contributed by atoms with Crippen molar-refractivity contribution in [1.82, 2.24) is 25.5 Å². The molecule has 6 aromatic rings. The summed E-state index contributed by atoms with van der Waals surface area (Å²) in [5.74, 6) is -0.833. The van der Waals surface area contributed by atoms with E-state index in [2.05, 4.69) is 84.9 Å². The van der Waals surface area contributed by atoms with E-state index in [0.717, 1.165) is 27.8 Å². The standard InChI is InChI=1S/C48H50FN5O3Si/c1-33(2)52-47(56)54-32-38-29-42(46(55)51-31-37-16-12-13-24-41(37)49)53-45(35-18-14-17-34(28-35)36-19-15-26-50-30-36)44(38)43(54)25-27-57-58(48(3,4)5,39-20-8-6-9-21-39)40-22-10-7-11-23-40/h6-24,26,28-30,33,43H,25,27,31-32H2,1-5H3,(H,51,55)(H,52,56)/t43-/m1/s1. The van der Waals surface area contributed by atoms with Crippen LogP contribution in [0.2, 0.25) is 5.04 Å². The molecule has 0 bridgehead atoms. The molecule has 3 heterocycles. The molecular weight excluding hydrogens is 742 g/mol. The lowest BCUT2D eigenvalue weighted by Gasteiger charge is -2.43. The van der Waals surface area contributed by atoms with Crippen LogP contribution in [-0.4, -0.2) is 47.8 Å². The second-order valence-corrected chi connectivity index (χ2v) is 20.4. The van der Waals surface area contributed by atoms with Crippen LogP contribution in [0, 0.1) is 5.82 Å². The molecule has 2 N–H and O–H groups in total. The summed E-state index contributed by atoms with van der Waals surface area (Å²) in [7, 11) is -2.90. The number of fused-ring (bicyclic) bond motifs is 1. The average molecular weight is 792 g/mol. The molecule has 0 aliphatic carbocycles. The van der Waals surface area contributed by atoms with Crippen molar-refractivity contribution < 1.29 is 18.4 Å². The first-order chi connectivity index (χ1) is 28.0. The Kier molecular flexibility index (Phi) is 12.0. The summed E-state index contributed by atoms with van der Waals surface area (Å²) in [6.07, 6.45) is 4.03. The molecule has 58 heavy (non-hydrogen) atoms. The number of hydrogen-bond acceptors (Lipinski definition) is 5. The van der Waals surface area contributed by atoms with Crippen LogP contribution in [0.1, 0.15) is 74.3 Å². The van der Waals surface area contributed by atoms with Gasteiger partial charge in [-0.15, -0.1) is 0 Å². The number of urea groups is 1. The molecule has 1 aliphatic rings. The van der Waals surface area contributed by atoms with Gasteiger partial charge in [0.05, 0.1) is 11.7 Å². The van der Waals surface area contributed by atoms with Crippen molar-refractivity contribution in [2.75, 3.05) is 6.61 Å². The van der Waals surface area contributed by atoms with Gasteiger partial charge in [-0.25, -0.2) is 14.2 Å². The average Bonchev–Trinajstić information content (AvgIpc) is 3.60. The maximum Gasteiger partial charge on any atom is 0.318 e. The maximum atomic E-state index is 14.5. The summed E-state index contributed by atoms with van der Waals surface area (Å²) in [6, 6.07) is 40.4. The largest absolute Gasteiger partial charge is 0.407 e. The van der Waals surface area contributed by atoms with Crippen molar-refractivity contribution in [2.24, 2.45) is 0 Å². The number of benzene rings is 4. The Bertz CT molecular complexity index is 2330. The number of carbonyl (C=O) groups is 2. The van der Waals surface area contributed by atoms with Gasteiger partial charge < -0.3 is 20.0 Å². The van der Waals surface area contributed by atoms with Crippen LogP contribution in [0.15, 0.2) is 140 Å². The van der Waals surface area contributed by atoms with Crippen LogP contribution in [-0.2, 0) is 17.5 Å². The molecule has 0 saturated carbocycles. The van der Waals surface area contributed by atoms with Crippen molar-refractivity contribution in [2.45, 2.75) is 71.3 Å². The molecule has 10 heteroatoms. The minimum Gasteiger partial charge on any atom is -0.407 e. The Labute approximate surface area is 341 Å². The molecule has 2 aromatic heterocycles. The topological polar surface area (TPSA) is 96.5 Å². The lowest BCUT2D eigenvalue weighted by molar-refractivity contribution is 0.0945. The third-order valence-corrected chi connectivity index (χ3v) is 15.8. The summed E-state index contributed by atoms with van der Waals surface area (Å²) < 4.78 is 21.9. The second-order valence-electron chi connectivity index (χ2n) is 16.1. The zero-order chi connectivity index (χ0) is 40.9. The molecule has 7 rings (SSSR count). The Hall–Kier alpha value is -5.97. The molecule has 0 unspecified atom stereocenters. The van der Waals surface area contributed by atoms with E-state index in [-0.39, 0.29) is 35.9 Å². The van der Waals surface area contributed by atoms with Gasteiger partial charge in [-0.1, -0.05) is 124 Å². The molecule has 1 atom stereocenters. The normalized spacial score (nSPS) is 14.0. The van der Waals surface area contributed by atoms with Crippen LogP contribution in [0.25, 0.3) is 22.4 Å². The van der Waals surface area contributed by atoms with Crippen LogP contribution < -0.4 is 21.0 Å². The molecule has 296 valence electrons. The van der Waals surface area contributed by atoms with Gasteiger partial charge in [0.1, 0.15) is 11.5 Å². The first kappa shape index (κ1) is 40.2. The summed E-state index contributed by atoms with van der Waals surface area (Å²) in [5.41, 5.74) is 5.53. The van der Waals surface area contributed by atoms with Crippen molar-refractivity contribution >= 4 is 30.6 Å². The first-order valence-corrected chi connectivity index (χ1v) is 21.8. The summed E-state index contributed by atoms with van der Waals surface area (Å²) in [6.45, 7) is 11.3. The first-order valence-electron chi connectivity index (χ1n) is 19.8. The van der Waals surface area contributed by atoms with Crippen LogP contribution in [0.5, 0.6) is 0 Å². The lowest BCUT2D eigenvalue weighted by atomic mass is 9.94. The zero-order valence-electron chi connectivity index (χ0n) is 33.7. The lowest BCUT2D eigenvalue weighted by Crippen LogP contribution is -2.66. The van der Waals surface area contributed by atoms with Crippen molar-refractivity contribution in [3.8, 4) is 22.4 Å². The van der Waals surface area contributed by atoms with E-state index in [0.29, 0.717) is 24.3 Å². The molecule has 3 amide bonds. The van der Waals surface area contributed by atoms with Gasteiger partial charge in [-0.3, -0.25) is 9.78 Å². The Morgan fingerprint density at radius 1 is 0.845 bits per heavy atom. The third kappa shape index (κ3) is 8.35. The van der Waals surface area contributed by atoms with E-state index >= 15 is 0 Å². The Balaban J connectivity index is 1.32. The van der Waals surface area contributed by atoms with Crippen LogP contribution in [0.4, 0.5) is 9.18 Å². The number of amides is 3. The number of rotatable bonds is 12. The van der Waals surface area contributed by atoms with E-state index in [9.17, 15) is 14.0 Å². The number of nitrogens with one attached hydrogen (secondary N) is 2. The highest BCUT2D eigenvalue weighted by Crippen LogP contribution is 2.44. The molecule has 0 radical (unpaired) electrons. The van der Waals surface area contributed by atoms with E-state index in [4.69, 9.17) is 9.41 Å². The quantitative estimate of drug-likeness (QED) is 0.121. The van der Waals surface area contributed by atoms with Gasteiger partial charge in [0, 0.05) is 60.4 Å². The van der Waals surface area contributed by atoms with Gasteiger partial charge in [0.15, 0.2) is 0 Å². The van der Waals surface area contributed by atoms with Crippen molar-refractivity contribution in [3.63, 3.8) is 0 Å². The maximum absolute atomic E-state index is 14.5. The SMILES string of the molecule is CC(C)NC(=O)N1Cc2cc(C(=O)NCc3ccccc3F)nc(-c3cccc(-c4cccnc4)c3)c2[C@H]1CCO[Si](c1ccccc1)(c1ccccc1)C(C)(C)C. The van der Waals surface area contributed by atoms with E-state index in [1.165, 1.54) is 16.4 Å². The number of pyridine rings is 2. The number of hydrogen-bond donors (Lipinski definition) is 2. The number of halogens is 1. The highest BCUT2D eigenvalue weighted by molar-refractivity contribution is 6.99. The van der Waals surface area contributed by atoms with E-state index < -0.39 is 26.1 Å². The van der Waals surface area contributed by atoms with E-state index in [1.807, 2.05) is 73.5 Å².